The van der Waals surface area contributed by atoms with E-state index in [1.165, 1.54) is 0 Å². The Balaban J connectivity index is 2.42. The van der Waals surface area contributed by atoms with E-state index in [2.05, 4.69) is 19.2 Å². The van der Waals surface area contributed by atoms with Crippen molar-refractivity contribution in [2.75, 3.05) is 19.8 Å². The molecule has 0 aliphatic heterocycles. The van der Waals surface area contributed by atoms with Crippen molar-refractivity contribution in [3.63, 3.8) is 0 Å². The van der Waals surface area contributed by atoms with Gasteiger partial charge in [-0.1, -0.05) is 13.8 Å². The lowest BCUT2D eigenvalue weighted by Crippen LogP contribution is -2.30. The van der Waals surface area contributed by atoms with Crippen LogP contribution in [-0.4, -0.2) is 31.6 Å². The summed E-state index contributed by atoms with van der Waals surface area (Å²) >= 11 is 0. The predicted molar refractivity (Wildman–Crippen MR) is 80.4 cm³/mol. The summed E-state index contributed by atoms with van der Waals surface area (Å²) < 4.78 is 10.3. The van der Waals surface area contributed by atoms with Gasteiger partial charge in [0.25, 0.3) is 5.91 Å². The lowest BCUT2D eigenvalue weighted by atomic mass is 10.1. The highest BCUT2D eigenvalue weighted by atomic mass is 16.5. The maximum absolute atomic E-state index is 11.8. The minimum atomic E-state index is -0.445. The van der Waals surface area contributed by atoms with Crippen LogP contribution in [-0.2, 0) is 9.53 Å². The van der Waals surface area contributed by atoms with E-state index in [1.807, 2.05) is 0 Å². The second kappa shape index (κ2) is 9.00. The molecule has 1 aromatic carbocycles. The highest BCUT2D eigenvalue weighted by Crippen LogP contribution is 2.13. The van der Waals surface area contributed by atoms with Crippen LogP contribution in [0.3, 0.4) is 0 Å². The highest BCUT2D eigenvalue weighted by molar-refractivity contribution is 5.95. The Morgan fingerprint density at radius 3 is 2.43 bits per heavy atom. The molecule has 1 aromatic rings. The van der Waals surface area contributed by atoms with E-state index >= 15 is 0 Å². The van der Waals surface area contributed by atoms with E-state index in [1.54, 1.807) is 31.2 Å². The molecule has 0 aromatic heterocycles. The Morgan fingerprint density at radius 1 is 1.19 bits per heavy atom. The second-order valence-corrected chi connectivity index (χ2v) is 5.04. The summed E-state index contributed by atoms with van der Waals surface area (Å²) in [5, 5.41) is 2.51. The number of carbonyl (C=O) groups is 2. The van der Waals surface area contributed by atoms with Gasteiger partial charge in [0.15, 0.2) is 0 Å². The molecule has 1 rings (SSSR count). The Labute approximate surface area is 125 Å². The molecule has 116 valence electrons. The van der Waals surface area contributed by atoms with Crippen molar-refractivity contribution < 1.29 is 19.1 Å². The molecule has 0 aliphatic carbocycles. The molecule has 1 amide bonds. The molecule has 0 saturated carbocycles. The first-order chi connectivity index (χ1) is 10.0. The molecule has 5 heteroatoms. The van der Waals surface area contributed by atoms with Crippen LogP contribution >= 0.6 is 0 Å². The zero-order valence-corrected chi connectivity index (χ0v) is 12.8. The zero-order valence-electron chi connectivity index (χ0n) is 12.8. The third-order valence-electron chi connectivity index (χ3n) is 2.78. The van der Waals surface area contributed by atoms with Crippen molar-refractivity contribution in [3.05, 3.63) is 29.8 Å². The minimum Gasteiger partial charge on any atom is -0.494 e. The van der Waals surface area contributed by atoms with Crippen LogP contribution in [0, 0.1) is 5.92 Å². The van der Waals surface area contributed by atoms with Crippen molar-refractivity contribution in [2.45, 2.75) is 27.2 Å². The Morgan fingerprint density at radius 2 is 1.86 bits per heavy atom. The van der Waals surface area contributed by atoms with Gasteiger partial charge in [0, 0.05) is 5.56 Å². The smallest absolute Gasteiger partial charge is 0.325 e. The van der Waals surface area contributed by atoms with E-state index in [4.69, 9.17) is 9.47 Å². The van der Waals surface area contributed by atoms with Gasteiger partial charge in [-0.15, -0.1) is 0 Å². The van der Waals surface area contributed by atoms with Gasteiger partial charge in [0.05, 0.1) is 13.2 Å². The number of carbonyl (C=O) groups excluding carboxylic acids is 2. The fourth-order valence-electron chi connectivity index (χ4n) is 1.58. The second-order valence-electron chi connectivity index (χ2n) is 5.04. The first kappa shape index (κ1) is 17.0. The molecule has 0 atom stereocenters. The fraction of sp³-hybridized carbons (Fsp3) is 0.500. The van der Waals surface area contributed by atoms with Crippen LogP contribution in [0.5, 0.6) is 5.75 Å². The number of benzene rings is 1. The van der Waals surface area contributed by atoms with Crippen LogP contribution in [0.1, 0.15) is 37.6 Å². The molecule has 0 spiro atoms. The Bertz CT molecular complexity index is 454. The summed E-state index contributed by atoms with van der Waals surface area (Å²) in [5.41, 5.74) is 0.482. The standard InChI is InChI=1S/C16H23NO4/c1-4-20-15(18)11-17-16(19)13-5-7-14(8-6-13)21-10-9-12(2)3/h5-8,12H,4,9-11H2,1-3H3,(H,17,19). The first-order valence-corrected chi connectivity index (χ1v) is 7.19. The van der Waals surface area contributed by atoms with Crippen molar-refractivity contribution in [1.82, 2.24) is 5.32 Å². The lowest BCUT2D eigenvalue weighted by molar-refractivity contribution is -0.141. The number of esters is 1. The van der Waals surface area contributed by atoms with Crippen LogP contribution in [0.15, 0.2) is 24.3 Å². The molecule has 1 N–H and O–H groups in total. The Kier molecular flexibility index (Phi) is 7.29. The summed E-state index contributed by atoms with van der Waals surface area (Å²) in [7, 11) is 0. The SMILES string of the molecule is CCOC(=O)CNC(=O)c1ccc(OCCC(C)C)cc1. The fourth-order valence-corrected chi connectivity index (χ4v) is 1.58. The van der Waals surface area contributed by atoms with Gasteiger partial charge in [0.2, 0.25) is 0 Å². The van der Waals surface area contributed by atoms with Crippen LogP contribution in [0.25, 0.3) is 0 Å². The maximum Gasteiger partial charge on any atom is 0.325 e. The van der Waals surface area contributed by atoms with E-state index in [-0.39, 0.29) is 12.5 Å². The molecule has 0 heterocycles. The summed E-state index contributed by atoms with van der Waals surface area (Å²) in [6.45, 7) is 6.83. The molecular weight excluding hydrogens is 270 g/mol. The van der Waals surface area contributed by atoms with Crippen molar-refractivity contribution in [3.8, 4) is 5.75 Å². The van der Waals surface area contributed by atoms with Gasteiger partial charge in [-0.2, -0.15) is 0 Å². The number of nitrogens with one attached hydrogen (secondary N) is 1. The minimum absolute atomic E-state index is 0.126. The molecular formula is C16H23NO4. The topological polar surface area (TPSA) is 64.6 Å². The number of amides is 1. The highest BCUT2D eigenvalue weighted by Gasteiger charge is 2.08. The number of hydrogen-bond acceptors (Lipinski definition) is 4. The molecule has 0 unspecified atom stereocenters. The van der Waals surface area contributed by atoms with Gasteiger partial charge in [0.1, 0.15) is 12.3 Å². The average molecular weight is 293 g/mol. The van der Waals surface area contributed by atoms with Crippen molar-refractivity contribution >= 4 is 11.9 Å². The molecule has 21 heavy (non-hydrogen) atoms. The summed E-state index contributed by atoms with van der Waals surface area (Å²) in [5.74, 6) is 0.576. The van der Waals surface area contributed by atoms with Crippen LogP contribution < -0.4 is 10.1 Å². The van der Waals surface area contributed by atoms with Gasteiger partial charge < -0.3 is 14.8 Å². The van der Waals surface area contributed by atoms with Crippen LogP contribution in [0.2, 0.25) is 0 Å². The van der Waals surface area contributed by atoms with Crippen LogP contribution in [0.4, 0.5) is 0 Å². The monoisotopic (exact) mass is 293 g/mol. The molecule has 0 bridgehead atoms. The molecule has 0 aliphatic rings. The van der Waals surface area contributed by atoms with E-state index in [9.17, 15) is 9.59 Å². The quantitative estimate of drug-likeness (QED) is 0.748. The van der Waals surface area contributed by atoms with Gasteiger partial charge in [-0.25, -0.2) is 0 Å². The lowest BCUT2D eigenvalue weighted by Gasteiger charge is -2.09. The first-order valence-electron chi connectivity index (χ1n) is 7.19. The van der Waals surface area contributed by atoms with Crippen molar-refractivity contribution in [2.24, 2.45) is 5.92 Å². The van der Waals surface area contributed by atoms with Gasteiger partial charge in [-0.05, 0) is 43.5 Å². The van der Waals surface area contributed by atoms with Gasteiger partial charge in [-0.3, -0.25) is 9.59 Å². The third kappa shape index (κ3) is 6.79. The number of hydrogen-bond donors (Lipinski definition) is 1. The molecule has 5 nitrogen and oxygen atoms in total. The molecule has 0 fully saturated rings. The van der Waals surface area contributed by atoms with E-state index in [0.29, 0.717) is 24.7 Å². The number of rotatable bonds is 8. The maximum atomic E-state index is 11.8. The molecule has 0 radical (unpaired) electrons. The van der Waals surface area contributed by atoms with Crippen molar-refractivity contribution in [1.29, 1.82) is 0 Å². The zero-order chi connectivity index (χ0) is 15.7. The average Bonchev–Trinajstić information content (AvgIpc) is 2.45. The summed E-state index contributed by atoms with van der Waals surface area (Å²) in [6, 6.07) is 6.84. The summed E-state index contributed by atoms with van der Waals surface area (Å²) in [6.07, 6.45) is 0.988. The summed E-state index contributed by atoms with van der Waals surface area (Å²) in [4.78, 5) is 23.0. The van der Waals surface area contributed by atoms with E-state index in [0.717, 1.165) is 12.2 Å². The Hall–Kier alpha value is -2.04. The van der Waals surface area contributed by atoms with E-state index < -0.39 is 5.97 Å². The predicted octanol–water partition coefficient (Wildman–Crippen LogP) is 2.40. The molecule has 0 saturated heterocycles. The number of ether oxygens (including phenoxy) is 2. The normalized spacial score (nSPS) is 10.3. The third-order valence-corrected chi connectivity index (χ3v) is 2.78. The van der Waals surface area contributed by atoms with Gasteiger partial charge >= 0.3 is 5.97 Å². The largest absolute Gasteiger partial charge is 0.494 e.